The Morgan fingerprint density at radius 2 is 1.88 bits per heavy atom. The van der Waals surface area contributed by atoms with E-state index in [0.29, 0.717) is 24.8 Å². The maximum Gasteiger partial charge on any atom is 0.309 e. The lowest BCUT2D eigenvalue weighted by atomic mass is 9.45. The lowest BCUT2D eigenvalue weighted by Crippen LogP contribution is -2.58. The Bertz CT molecular complexity index is 645. The number of carbonyl (C=O) groups is 2. The molecule has 5 atom stereocenters. The molecule has 0 aliphatic heterocycles. The Labute approximate surface area is 149 Å². The molecule has 25 heavy (non-hydrogen) atoms. The highest BCUT2D eigenvalue weighted by Gasteiger charge is 2.61. The summed E-state index contributed by atoms with van der Waals surface area (Å²) in [7, 11) is 0. The van der Waals surface area contributed by atoms with Crippen LogP contribution in [0.1, 0.15) is 66.2 Å². The number of ketones is 1. The van der Waals surface area contributed by atoms with E-state index in [4.69, 9.17) is 0 Å². The van der Waals surface area contributed by atoms with Crippen LogP contribution in [0.15, 0.2) is 11.6 Å². The molecule has 2 fully saturated rings. The molecular formula is C20H30O5. The van der Waals surface area contributed by atoms with Crippen LogP contribution in [0.3, 0.4) is 0 Å². The molecule has 3 rings (SSSR count). The van der Waals surface area contributed by atoms with Crippen molar-refractivity contribution in [3.8, 4) is 0 Å². The minimum atomic E-state index is -1.41. The van der Waals surface area contributed by atoms with Gasteiger partial charge in [0.05, 0.1) is 11.0 Å². The Morgan fingerprint density at radius 3 is 2.44 bits per heavy atom. The summed E-state index contributed by atoms with van der Waals surface area (Å²) >= 11 is 0. The van der Waals surface area contributed by atoms with E-state index in [9.17, 15) is 24.9 Å². The second kappa shape index (κ2) is 5.40. The summed E-state index contributed by atoms with van der Waals surface area (Å²) in [5.41, 5.74) is -3.28. The van der Waals surface area contributed by atoms with E-state index >= 15 is 0 Å². The van der Waals surface area contributed by atoms with Gasteiger partial charge < -0.3 is 15.3 Å². The first-order chi connectivity index (χ1) is 11.4. The van der Waals surface area contributed by atoms with Crippen molar-refractivity contribution in [1.82, 2.24) is 0 Å². The van der Waals surface area contributed by atoms with Gasteiger partial charge in [-0.3, -0.25) is 9.59 Å². The molecule has 0 spiro atoms. The Morgan fingerprint density at radius 1 is 1.24 bits per heavy atom. The van der Waals surface area contributed by atoms with Gasteiger partial charge in [0.1, 0.15) is 5.60 Å². The van der Waals surface area contributed by atoms with Crippen LogP contribution in [0.25, 0.3) is 0 Å². The first-order valence-corrected chi connectivity index (χ1v) is 9.29. The van der Waals surface area contributed by atoms with Crippen molar-refractivity contribution in [2.75, 3.05) is 0 Å². The molecule has 140 valence electrons. The van der Waals surface area contributed by atoms with Gasteiger partial charge in [-0.25, -0.2) is 0 Å². The van der Waals surface area contributed by atoms with Crippen LogP contribution in [0.5, 0.6) is 0 Å². The van der Waals surface area contributed by atoms with E-state index in [1.807, 2.05) is 0 Å². The van der Waals surface area contributed by atoms with Gasteiger partial charge in [-0.2, -0.15) is 0 Å². The van der Waals surface area contributed by atoms with Crippen LogP contribution in [-0.2, 0) is 9.59 Å². The third-order valence-corrected chi connectivity index (χ3v) is 7.62. The highest BCUT2D eigenvalue weighted by molar-refractivity contribution is 5.98. The van der Waals surface area contributed by atoms with Crippen molar-refractivity contribution in [2.45, 2.75) is 77.4 Å². The second-order valence-corrected chi connectivity index (χ2v) is 9.44. The Kier molecular flexibility index (Phi) is 4.01. The van der Waals surface area contributed by atoms with Crippen LogP contribution in [-0.4, -0.2) is 38.3 Å². The first-order valence-electron chi connectivity index (χ1n) is 9.29. The molecule has 0 aromatic rings. The molecule has 5 nitrogen and oxygen atoms in total. The molecule has 3 aliphatic carbocycles. The summed E-state index contributed by atoms with van der Waals surface area (Å²) < 4.78 is 0. The van der Waals surface area contributed by atoms with Gasteiger partial charge >= 0.3 is 5.97 Å². The quantitative estimate of drug-likeness (QED) is 0.712. The predicted octanol–water partition coefficient (Wildman–Crippen LogP) is 2.69. The molecule has 0 heterocycles. The number of carboxylic acids is 1. The van der Waals surface area contributed by atoms with E-state index in [0.717, 1.165) is 12.8 Å². The van der Waals surface area contributed by atoms with Gasteiger partial charge in [0.15, 0.2) is 5.78 Å². The topological polar surface area (TPSA) is 94.8 Å². The summed E-state index contributed by atoms with van der Waals surface area (Å²) in [6.45, 7) is 7.03. The monoisotopic (exact) mass is 350 g/mol. The van der Waals surface area contributed by atoms with Crippen LogP contribution in [0.4, 0.5) is 0 Å². The number of rotatable bonds is 2. The number of Topliss-reactive ketones (excluding diaryl/α,β-unsaturated/α-hetero) is 1. The van der Waals surface area contributed by atoms with Crippen molar-refractivity contribution in [2.24, 2.45) is 22.7 Å². The van der Waals surface area contributed by atoms with E-state index in [2.05, 4.69) is 6.92 Å². The van der Waals surface area contributed by atoms with Gasteiger partial charge in [-0.15, -0.1) is 0 Å². The summed E-state index contributed by atoms with van der Waals surface area (Å²) in [4.78, 5) is 24.9. The normalized spacial score (nSPS) is 44.6. The third-order valence-electron chi connectivity index (χ3n) is 7.62. The minimum absolute atomic E-state index is 0.0413. The SMILES string of the molecule is CC(C)(O)[C@]1(O)C=C2C(=O)C[C@@H]3[C@](C)(CCC[C@@]3(C)C(=O)O)[C@H]2CC1. The van der Waals surface area contributed by atoms with Crippen LogP contribution >= 0.6 is 0 Å². The molecule has 0 aromatic carbocycles. The summed E-state index contributed by atoms with van der Waals surface area (Å²) in [5, 5.41) is 31.0. The summed E-state index contributed by atoms with van der Waals surface area (Å²) in [5.74, 6) is -1.11. The zero-order valence-corrected chi connectivity index (χ0v) is 15.6. The minimum Gasteiger partial charge on any atom is -0.481 e. The smallest absolute Gasteiger partial charge is 0.309 e. The number of fused-ring (bicyclic) bond motifs is 3. The number of carboxylic acid groups (broad SMARTS) is 1. The average Bonchev–Trinajstić information content (AvgIpc) is 2.48. The number of aliphatic hydroxyl groups is 2. The molecule has 0 aromatic heterocycles. The summed E-state index contributed by atoms with van der Waals surface area (Å²) in [6.07, 6.45) is 5.11. The molecule has 0 amide bonds. The molecule has 0 bridgehead atoms. The zero-order chi connectivity index (χ0) is 18.8. The van der Waals surface area contributed by atoms with Crippen molar-refractivity contribution in [3.63, 3.8) is 0 Å². The van der Waals surface area contributed by atoms with E-state index < -0.39 is 22.6 Å². The summed E-state index contributed by atoms with van der Waals surface area (Å²) in [6, 6.07) is 0. The van der Waals surface area contributed by atoms with Gasteiger partial charge in [0, 0.05) is 6.42 Å². The van der Waals surface area contributed by atoms with Gasteiger partial charge in [-0.05, 0) is 75.4 Å². The standard InChI is InChI=1S/C20H30O5/c1-17(2,24)20(25)9-6-13-12(11-20)14(21)10-15-18(13,3)7-5-8-19(15,4)16(22)23/h11,13,15,24-25H,5-10H2,1-4H3,(H,22,23)/t13-,15+,18+,19+,20+/m0/s1. The first kappa shape index (κ1) is 18.6. The van der Waals surface area contributed by atoms with Gasteiger partial charge in [-0.1, -0.05) is 13.3 Å². The van der Waals surface area contributed by atoms with Crippen LogP contribution in [0.2, 0.25) is 0 Å². The lowest BCUT2D eigenvalue weighted by molar-refractivity contribution is -0.167. The van der Waals surface area contributed by atoms with E-state index in [1.54, 1.807) is 26.8 Å². The second-order valence-electron chi connectivity index (χ2n) is 9.44. The Balaban J connectivity index is 2.06. The fourth-order valence-corrected chi connectivity index (χ4v) is 5.74. The lowest BCUT2D eigenvalue weighted by Gasteiger charge is -2.58. The highest BCUT2D eigenvalue weighted by atomic mass is 16.4. The number of carbonyl (C=O) groups excluding carboxylic acids is 1. The Hall–Kier alpha value is -1.20. The molecule has 3 N–H and O–H groups in total. The van der Waals surface area contributed by atoms with Crippen LogP contribution in [0, 0.1) is 22.7 Å². The number of allylic oxidation sites excluding steroid dienone is 1. The number of aliphatic carboxylic acids is 1. The van der Waals surface area contributed by atoms with E-state index in [1.165, 1.54) is 0 Å². The zero-order valence-electron chi connectivity index (χ0n) is 15.6. The molecular weight excluding hydrogens is 320 g/mol. The van der Waals surface area contributed by atoms with Crippen molar-refractivity contribution >= 4 is 11.8 Å². The molecule has 0 saturated heterocycles. The third kappa shape index (κ3) is 2.50. The predicted molar refractivity (Wildman–Crippen MR) is 92.9 cm³/mol. The van der Waals surface area contributed by atoms with Crippen LogP contribution < -0.4 is 0 Å². The number of hydrogen-bond donors (Lipinski definition) is 3. The fraction of sp³-hybridized carbons (Fsp3) is 0.800. The molecule has 3 aliphatic rings. The van der Waals surface area contributed by atoms with Gasteiger partial charge in [0.2, 0.25) is 0 Å². The molecule has 2 saturated carbocycles. The van der Waals surface area contributed by atoms with Crippen molar-refractivity contribution < 1.29 is 24.9 Å². The molecule has 5 heteroatoms. The maximum atomic E-state index is 12.9. The van der Waals surface area contributed by atoms with Gasteiger partial charge in [0.25, 0.3) is 0 Å². The molecule has 0 radical (unpaired) electrons. The maximum absolute atomic E-state index is 12.9. The number of hydrogen-bond acceptors (Lipinski definition) is 4. The van der Waals surface area contributed by atoms with E-state index in [-0.39, 0.29) is 29.5 Å². The van der Waals surface area contributed by atoms with Crippen molar-refractivity contribution in [1.29, 1.82) is 0 Å². The largest absolute Gasteiger partial charge is 0.481 e. The molecule has 0 unspecified atom stereocenters. The highest BCUT2D eigenvalue weighted by Crippen LogP contribution is 2.63. The fourth-order valence-electron chi connectivity index (χ4n) is 5.74. The average molecular weight is 350 g/mol. The van der Waals surface area contributed by atoms with Crippen molar-refractivity contribution in [3.05, 3.63) is 11.6 Å².